The molecule has 12 rings (SSSR count). The van der Waals surface area contributed by atoms with Crippen LogP contribution in [0.15, 0.2) is 249 Å². The molecular formula is C69H57N. The van der Waals surface area contributed by atoms with Crippen molar-refractivity contribution in [3.8, 4) is 55.6 Å². The van der Waals surface area contributed by atoms with Gasteiger partial charge in [-0.25, -0.2) is 0 Å². The third-order valence-corrected chi connectivity index (χ3v) is 15.6. The second kappa shape index (κ2) is 17.2. The molecule has 0 fully saturated rings. The molecule has 0 saturated heterocycles. The van der Waals surface area contributed by atoms with Crippen LogP contribution < -0.4 is 4.90 Å². The lowest BCUT2D eigenvalue weighted by Gasteiger charge is -2.43. The molecule has 0 unspecified atom stereocenters. The lowest BCUT2D eigenvalue weighted by molar-refractivity contribution is 0.331. The van der Waals surface area contributed by atoms with Gasteiger partial charge in [-0.05, 0) is 132 Å². The minimum absolute atomic E-state index is 0.0716. The van der Waals surface area contributed by atoms with Gasteiger partial charge < -0.3 is 4.90 Å². The molecule has 0 aliphatic heterocycles. The monoisotopic (exact) mass is 899 g/mol. The van der Waals surface area contributed by atoms with Gasteiger partial charge in [-0.1, -0.05) is 246 Å². The number of benzene rings is 10. The highest BCUT2D eigenvalue weighted by Crippen LogP contribution is 2.61. The molecule has 338 valence electrons. The number of rotatable bonds is 9. The summed E-state index contributed by atoms with van der Waals surface area (Å²) in [5.74, 6) is 0. The molecule has 0 saturated carbocycles. The lowest BCUT2D eigenvalue weighted by atomic mass is 9.60. The van der Waals surface area contributed by atoms with Crippen LogP contribution >= 0.6 is 0 Å². The Hall–Kier alpha value is -8.00. The summed E-state index contributed by atoms with van der Waals surface area (Å²) >= 11 is 0. The molecule has 0 bridgehead atoms. The Morgan fingerprint density at radius 1 is 0.300 bits per heavy atom. The molecular weight excluding hydrogens is 843 g/mol. The summed E-state index contributed by atoms with van der Waals surface area (Å²) in [5.41, 5.74) is 23.6. The molecule has 1 nitrogen and oxygen atoms in total. The maximum Gasteiger partial charge on any atom is 0.0719 e. The highest BCUT2D eigenvalue weighted by molar-refractivity contribution is 5.98. The van der Waals surface area contributed by atoms with E-state index in [1.54, 1.807) is 0 Å². The van der Waals surface area contributed by atoms with Crippen LogP contribution in [0.3, 0.4) is 0 Å². The van der Waals surface area contributed by atoms with Crippen LogP contribution in [0.5, 0.6) is 0 Å². The van der Waals surface area contributed by atoms with Gasteiger partial charge in [0.1, 0.15) is 0 Å². The predicted octanol–water partition coefficient (Wildman–Crippen LogP) is 18.5. The van der Waals surface area contributed by atoms with Gasteiger partial charge >= 0.3 is 0 Å². The van der Waals surface area contributed by atoms with Gasteiger partial charge in [0.25, 0.3) is 0 Å². The molecule has 0 radical (unpaired) electrons. The average Bonchev–Trinajstić information content (AvgIpc) is 3.72. The Labute approximate surface area is 414 Å². The maximum atomic E-state index is 2.63. The summed E-state index contributed by atoms with van der Waals surface area (Å²) in [5, 5.41) is 0. The number of anilines is 3. The molecule has 0 spiro atoms. The van der Waals surface area contributed by atoms with Gasteiger partial charge in [0.2, 0.25) is 0 Å². The first-order chi connectivity index (χ1) is 34.2. The molecule has 0 N–H and O–H groups in total. The van der Waals surface area contributed by atoms with Crippen LogP contribution in [-0.2, 0) is 16.2 Å². The summed E-state index contributed by atoms with van der Waals surface area (Å²) in [6.07, 6.45) is 2.35. The number of hydrogen-bond acceptors (Lipinski definition) is 1. The zero-order valence-corrected chi connectivity index (χ0v) is 40.5. The summed E-state index contributed by atoms with van der Waals surface area (Å²) < 4.78 is 0. The van der Waals surface area contributed by atoms with Crippen molar-refractivity contribution < 1.29 is 0 Å². The largest absolute Gasteiger partial charge is 0.309 e. The molecule has 0 aromatic heterocycles. The Kier molecular flexibility index (Phi) is 10.6. The van der Waals surface area contributed by atoms with Crippen LogP contribution in [0.2, 0.25) is 0 Å². The van der Waals surface area contributed by atoms with Crippen molar-refractivity contribution in [1.82, 2.24) is 0 Å². The summed E-state index contributed by atoms with van der Waals surface area (Å²) in [4.78, 5) is 2.43. The summed E-state index contributed by atoms with van der Waals surface area (Å²) in [6, 6.07) is 92.3. The van der Waals surface area contributed by atoms with E-state index in [9.17, 15) is 0 Å². The molecule has 2 aliphatic rings. The zero-order valence-electron chi connectivity index (χ0n) is 40.5. The molecule has 70 heavy (non-hydrogen) atoms. The fourth-order valence-electron chi connectivity index (χ4n) is 12.0. The van der Waals surface area contributed by atoms with E-state index in [1.807, 2.05) is 0 Å². The van der Waals surface area contributed by atoms with Gasteiger partial charge in [-0.2, -0.15) is 0 Å². The Balaban J connectivity index is 0.984. The third-order valence-electron chi connectivity index (χ3n) is 15.6. The first-order valence-corrected chi connectivity index (χ1v) is 25.0. The normalized spacial score (nSPS) is 14.8. The summed E-state index contributed by atoms with van der Waals surface area (Å²) in [7, 11) is 0. The Morgan fingerprint density at radius 2 is 0.686 bits per heavy atom. The van der Waals surface area contributed by atoms with E-state index in [0.717, 1.165) is 17.1 Å². The molecule has 0 atom stereocenters. The highest BCUT2D eigenvalue weighted by Gasteiger charge is 2.50. The SMILES string of the molecule is CC1(C)CCC(C)(C)c2cc3c(cc21)-c1cccc(-c2ccc(-c4ccc(N(c5ccccc5)c5c(-c6ccccc6)cccc5-c5ccccc5)cc4)cc2)c1C3(c1ccccc1)c1ccccc1. The highest BCUT2D eigenvalue weighted by atomic mass is 15.1. The second-order valence-corrected chi connectivity index (χ2v) is 20.7. The van der Waals surface area contributed by atoms with Crippen molar-refractivity contribution >= 4 is 17.1 Å². The van der Waals surface area contributed by atoms with Crippen LogP contribution in [0.4, 0.5) is 17.1 Å². The van der Waals surface area contributed by atoms with Gasteiger partial charge in [0, 0.05) is 22.5 Å². The van der Waals surface area contributed by atoms with E-state index < -0.39 is 5.41 Å². The lowest BCUT2D eigenvalue weighted by Crippen LogP contribution is -2.35. The van der Waals surface area contributed by atoms with Crippen molar-refractivity contribution in [3.05, 3.63) is 282 Å². The van der Waals surface area contributed by atoms with Crippen LogP contribution in [0.1, 0.15) is 73.9 Å². The van der Waals surface area contributed by atoms with Crippen molar-refractivity contribution in [2.24, 2.45) is 0 Å². The molecule has 10 aromatic carbocycles. The van der Waals surface area contributed by atoms with Crippen molar-refractivity contribution in [3.63, 3.8) is 0 Å². The first kappa shape index (κ1) is 43.3. The van der Waals surface area contributed by atoms with Crippen molar-refractivity contribution in [1.29, 1.82) is 0 Å². The topological polar surface area (TPSA) is 3.24 Å². The van der Waals surface area contributed by atoms with Gasteiger partial charge in [0.05, 0.1) is 11.1 Å². The second-order valence-electron chi connectivity index (χ2n) is 20.7. The van der Waals surface area contributed by atoms with E-state index in [-0.39, 0.29) is 10.8 Å². The van der Waals surface area contributed by atoms with Crippen LogP contribution in [-0.4, -0.2) is 0 Å². The Bertz CT molecular complexity index is 3380. The summed E-state index contributed by atoms with van der Waals surface area (Å²) in [6.45, 7) is 9.80. The number of nitrogens with zero attached hydrogens (tertiary/aromatic N) is 1. The van der Waals surface area contributed by atoms with Crippen molar-refractivity contribution in [2.45, 2.75) is 56.8 Å². The maximum absolute atomic E-state index is 2.63. The van der Waals surface area contributed by atoms with E-state index in [1.165, 1.54) is 102 Å². The molecule has 0 heterocycles. The van der Waals surface area contributed by atoms with E-state index >= 15 is 0 Å². The quantitative estimate of drug-likeness (QED) is 0.140. The van der Waals surface area contributed by atoms with Crippen molar-refractivity contribution in [2.75, 3.05) is 4.90 Å². The predicted molar refractivity (Wildman–Crippen MR) is 295 cm³/mol. The van der Waals surface area contributed by atoms with E-state index in [2.05, 4.69) is 281 Å². The standard InChI is InChI=1S/C69H57N/c1-67(2)44-45-68(3,4)64-47-62-61(46-63(64)67)60-35-20-32-57(65(60)69(62,53-26-14-7-15-27-53)54-28-16-8-17-29-54)52-38-36-48(37-39-52)49-40-42-56(43-41-49)70(55-30-18-9-19-31-55)66-58(50-22-10-5-11-23-50)33-21-34-59(66)51-24-12-6-13-25-51/h5-43,46-47H,44-45H2,1-4H3. The smallest absolute Gasteiger partial charge is 0.0719 e. The van der Waals surface area contributed by atoms with Gasteiger partial charge in [-0.15, -0.1) is 0 Å². The minimum atomic E-state index is -0.519. The molecule has 0 amide bonds. The first-order valence-electron chi connectivity index (χ1n) is 25.0. The fraction of sp³-hybridized carbons (Fsp3) is 0.130. The Morgan fingerprint density at radius 3 is 1.20 bits per heavy atom. The molecule has 1 heteroatoms. The van der Waals surface area contributed by atoms with E-state index in [0.29, 0.717) is 0 Å². The molecule has 10 aromatic rings. The van der Waals surface area contributed by atoms with Crippen LogP contribution in [0, 0.1) is 0 Å². The van der Waals surface area contributed by atoms with Crippen LogP contribution in [0.25, 0.3) is 55.6 Å². The number of hydrogen-bond donors (Lipinski definition) is 0. The molecule has 2 aliphatic carbocycles. The fourth-order valence-corrected chi connectivity index (χ4v) is 12.0. The number of fused-ring (bicyclic) bond motifs is 4. The minimum Gasteiger partial charge on any atom is -0.309 e. The number of para-hydroxylation sites is 2. The average molecular weight is 900 g/mol. The van der Waals surface area contributed by atoms with Gasteiger partial charge in [0.15, 0.2) is 0 Å². The van der Waals surface area contributed by atoms with Gasteiger partial charge in [-0.3, -0.25) is 0 Å². The van der Waals surface area contributed by atoms with E-state index in [4.69, 9.17) is 0 Å². The third kappa shape index (κ3) is 7.14. The zero-order chi connectivity index (χ0) is 47.5.